The van der Waals surface area contributed by atoms with Gasteiger partial charge in [-0.15, -0.1) is 5.10 Å². The lowest BCUT2D eigenvalue weighted by Gasteiger charge is -2.16. The van der Waals surface area contributed by atoms with Crippen molar-refractivity contribution in [3.05, 3.63) is 59.1 Å². The lowest BCUT2D eigenvalue weighted by atomic mass is 10.2. The average Bonchev–Trinajstić information content (AvgIpc) is 3.29. The van der Waals surface area contributed by atoms with E-state index in [0.29, 0.717) is 23.6 Å². The summed E-state index contributed by atoms with van der Waals surface area (Å²) >= 11 is 6.06. The molecule has 2 aromatic carbocycles. The molecule has 0 atom stereocenters. The Morgan fingerprint density at radius 3 is 2.67 bits per heavy atom. The number of hydrogen-bond donors (Lipinski definition) is 0. The number of nitrogens with zero attached hydrogens (tertiary/aromatic N) is 3. The topological polar surface area (TPSA) is 93.4 Å². The Kier molecular flexibility index (Phi) is 4.45. The summed E-state index contributed by atoms with van der Waals surface area (Å²) in [5.74, 6) is -1.29. The standard InChI is InChI=1S/C18H14ClN3O4S/c19-14-7-3-2-6-13(14)17-20-21-18(26-17)27(24,25)11-16(23)22-10-9-12-5-1-4-8-15(12)22/h1-8H,9-11H2. The predicted octanol–water partition coefficient (Wildman–Crippen LogP) is 2.75. The monoisotopic (exact) mass is 403 g/mol. The summed E-state index contributed by atoms with van der Waals surface area (Å²) in [5.41, 5.74) is 2.18. The van der Waals surface area contributed by atoms with Gasteiger partial charge < -0.3 is 9.32 Å². The molecule has 7 nitrogen and oxygen atoms in total. The maximum Gasteiger partial charge on any atom is 0.336 e. The van der Waals surface area contributed by atoms with Crippen molar-refractivity contribution in [2.24, 2.45) is 0 Å². The van der Waals surface area contributed by atoms with Crippen LogP contribution in [0.3, 0.4) is 0 Å². The highest BCUT2D eigenvalue weighted by Gasteiger charge is 2.32. The molecule has 0 N–H and O–H groups in total. The van der Waals surface area contributed by atoms with Gasteiger partial charge in [0, 0.05) is 12.2 Å². The van der Waals surface area contributed by atoms with Gasteiger partial charge in [-0.3, -0.25) is 4.79 Å². The number of carbonyl (C=O) groups excluding carboxylic acids is 1. The van der Waals surface area contributed by atoms with Crippen LogP contribution in [0.2, 0.25) is 5.02 Å². The summed E-state index contributed by atoms with van der Waals surface area (Å²) in [6.45, 7) is 0.447. The van der Waals surface area contributed by atoms with Gasteiger partial charge in [0.2, 0.25) is 21.6 Å². The van der Waals surface area contributed by atoms with Crippen LogP contribution in [0.5, 0.6) is 0 Å². The van der Waals surface area contributed by atoms with Gasteiger partial charge in [0.25, 0.3) is 0 Å². The van der Waals surface area contributed by atoms with Crippen molar-refractivity contribution < 1.29 is 17.6 Å². The van der Waals surface area contributed by atoms with E-state index in [1.807, 2.05) is 18.2 Å². The zero-order valence-corrected chi connectivity index (χ0v) is 15.6. The number of sulfone groups is 1. The third kappa shape index (κ3) is 3.33. The first-order valence-corrected chi connectivity index (χ1v) is 10.2. The normalized spacial score (nSPS) is 13.6. The second kappa shape index (κ2) is 6.79. The molecular weight excluding hydrogens is 390 g/mol. The molecule has 0 unspecified atom stereocenters. The highest BCUT2D eigenvalue weighted by atomic mass is 35.5. The molecule has 138 valence electrons. The van der Waals surface area contributed by atoms with Gasteiger partial charge in [0.1, 0.15) is 5.75 Å². The molecule has 0 saturated heterocycles. The highest BCUT2D eigenvalue weighted by Crippen LogP contribution is 2.29. The second-order valence-electron chi connectivity index (χ2n) is 6.04. The summed E-state index contributed by atoms with van der Waals surface area (Å²) in [4.78, 5) is 14.0. The number of halogens is 1. The number of anilines is 1. The fraction of sp³-hybridized carbons (Fsp3) is 0.167. The molecule has 0 radical (unpaired) electrons. The number of rotatable bonds is 4. The van der Waals surface area contributed by atoms with Gasteiger partial charge in [0.05, 0.1) is 10.6 Å². The van der Waals surface area contributed by atoms with Crippen molar-refractivity contribution in [2.75, 3.05) is 17.2 Å². The van der Waals surface area contributed by atoms with Crippen LogP contribution in [0.25, 0.3) is 11.5 Å². The zero-order chi connectivity index (χ0) is 19.0. The van der Waals surface area contributed by atoms with E-state index in [-0.39, 0.29) is 5.89 Å². The molecule has 1 amide bonds. The molecular formula is C18H14ClN3O4S. The van der Waals surface area contributed by atoms with Crippen LogP contribution in [0.4, 0.5) is 5.69 Å². The Balaban J connectivity index is 1.56. The zero-order valence-electron chi connectivity index (χ0n) is 14.0. The molecule has 0 fully saturated rings. The van der Waals surface area contributed by atoms with Crippen LogP contribution in [0, 0.1) is 0 Å². The van der Waals surface area contributed by atoms with E-state index in [2.05, 4.69) is 10.2 Å². The Morgan fingerprint density at radius 1 is 1.11 bits per heavy atom. The average molecular weight is 404 g/mol. The maximum absolute atomic E-state index is 12.6. The summed E-state index contributed by atoms with van der Waals surface area (Å²) in [6, 6.07) is 14.1. The van der Waals surface area contributed by atoms with E-state index in [4.69, 9.17) is 16.0 Å². The Hall–Kier alpha value is -2.71. The van der Waals surface area contributed by atoms with Crippen LogP contribution in [-0.4, -0.2) is 36.8 Å². The van der Waals surface area contributed by atoms with Gasteiger partial charge in [0.15, 0.2) is 0 Å². The first kappa shape index (κ1) is 17.7. The third-order valence-electron chi connectivity index (χ3n) is 4.28. The van der Waals surface area contributed by atoms with Crippen molar-refractivity contribution in [2.45, 2.75) is 11.6 Å². The molecule has 9 heteroatoms. The molecule has 0 bridgehead atoms. The molecule has 4 rings (SSSR count). The lowest BCUT2D eigenvalue weighted by molar-refractivity contribution is -0.116. The summed E-state index contributed by atoms with van der Waals surface area (Å²) in [5, 5.41) is 7.10. The summed E-state index contributed by atoms with van der Waals surface area (Å²) in [7, 11) is -4.07. The number of amides is 1. The number of hydrogen-bond acceptors (Lipinski definition) is 6. The predicted molar refractivity (Wildman–Crippen MR) is 99.3 cm³/mol. The smallest absolute Gasteiger partial charge is 0.336 e. The Labute approximate surface area is 160 Å². The van der Waals surface area contributed by atoms with E-state index in [0.717, 1.165) is 11.3 Å². The Morgan fingerprint density at radius 2 is 1.85 bits per heavy atom. The minimum absolute atomic E-state index is 0.0156. The van der Waals surface area contributed by atoms with Gasteiger partial charge >= 0.3 is 5.22 Å². The quantitative estimate of drug-likeness (QED) is 0.665. The molecule has 0 aliphatic carbocycles. The first-order chi connectivity index (χ1) is 13.0. The van der Waals surface area contributed by atoms with E-state index in [1.54, 1.807) is 30.3 Å². The number of aromatic nitrogens is 2. The SMILES string of the molecule is O=C(CS(=O)(=O)c1nnc(-c2ccccc2Cl)o1)N1CCc2ccccc21. The van der Waals surface area contributed by atoms with E-state index >= 15 is 0 Å². The van der Waals surface area contributed by atoms with Crippen LogP contribution >= 0.6 is 11.6 Å². The molecule has 2 heterocycles. The summed E-state index contributed by atoms with van der Waals surface area (Å²) in [6.07, 6.45) is 0.694. The Bertz CT molecular complexity index is 1130. The maximum atomic E-state index is 12.6. The molecule has 0 spiro atoms. The third-order valence-corrected chi connectivity index (χ3v) is 5.93. The van der Waals surface area contributed by atoms with Gasteiger partial charge in [-0.05, 0) is 30.2 Å². The van der Waals surface area contributed by atoms with Gasteiger partial charge in [-0.2, -0.15) is 0 Å². The van der Waals surface area contributed by atoms with Crippen LogP contribution < -0.4 is 4.90 Å². The minimum atomic E-state index is -4.07. The number of fused-ring (bicyclic) bond motifs is 1. The molecule has 0 saturated carbocycles. The summed E-state index contributed by atoms with van der Waals surface area (Å²) < 4.78 is 30.4. The molecule has 1 aliphatic rings. The molecule has 1 aromatic heterocycles. The lowest BCUT2D eigenvalue weighted by Crippen LogP contribution is -2.34. The van der Waals surface area contributed by atoms with Crippen molar-refractivity contribution in [1.29, 1.82) is 0 Å². The van der Waals surface area contributed by atoms with E-state index in [9.17, 15) is 13.2 Å². The molecule has 27 heavy (non-hydrogen) atoms. The fourth-order valence-corrected chi connectivity index (χ4v) is 4.17. The largest absolute Gasteiger partial charge is 0.408 e. The van der Waals surface area contributed by atoms with Crippen molar-refractivity contribution in [3.8, 4) is 11.5 Å². The number of carbonyl (C=O) groups is 1. The number of para-hydroxylation sites is 1. The van der Waals surface area contributed by atoms with Crippen LogP contribution in [0.15, 0.2) is 58.2 Å². The first-order valence-electron chi connectivity index (χ1n) is 8.15. The van der Waals surface area contributed by atoms with E-state index < -0.39 is 26.7 Å². The van der Waals surface area contributed by atoms with Crippen molar-refractivity contribution in [3.63, 3.8) is 0 Å². The molecule has 1 aliphatic heterocycles. The fourth-order valence-electron chi connectivity index (χ4n) is 2.98. The van der Waals surface area contributed by atoms with Gasteiger partial charge in [-0.1, -0.05) is 47.0 Å². The molecule has 3 aromatic rings. The van der Waals surface area contributed by atoms with E-state index in [1.165, 1.54) is 4.90 Å². The van der Waals surface area contributed by atoms with Crippen LogP contribution in [0.1, 0.15) is 5.56 Å². The minimum Gasteiger partial charge on any atom is -0.408 e. The number of benzene rings is 2. The van der Waals surface area contributed by atoms with Gasteiger partial charge in [-0.25, -0.2) is 8.42 Å². The van der Waals surface area contributed by atoms with Crippen molar-refractivity contribution >= 4 is 33.0 Å². The highest BCUT2D eigenvalue weighted by molar-refractivity contribution is 7.91. The second-order valence-corrected chi connectivity index (χ2v) is 8.31. The van der Waals surface area contributed by atoms with Crippen LogP contribution in [-0.2, 0) is 21.1 Å². The van der Waals surface area contributed by atoms with Crippen molar-refractivity contribution in [1.82, 2.24) is 10.2 Å².